The number of aryl methyl sites for hydroxylation is 1. The molecule has 1 aliphatic rings. The average Bonchev–Trinajstić information content (AvgIpc) is 2.71. The van der Waals surface area contributed by atoms with Crippen LogP contribution in [0.3, 0.4) is 0 Å². The highest BCUT2D eigenvalue weighted by Crippen LogP contribution is 2.22. The van der Waals surface area contributed by atoms with Crippen LogP contribution in [0.25, 0.3) is 0 Å². The summed E-state index contributed by atoms with van der Waals surface area (Å²) in [6, 6.07) is 6.59. The van der Waals surface area contributed by atoms with Crippen molar-refractivity contribution in [2.24, 2.45) is 0 Å². The first kappa shape index (κ1) is 19.7. The third kappa shape index (κ3) is 4.80. The largest absolute Gasteiger partial charge is 0.352 e. The molecule has 2 aromatic rings. The number of hydrogen-bond donors (Lipinski definition) is 1. The number of nitro groups is 1. The number of nitrogens with zero attached hydrogens (tertiary/aromatic N) is 5. The second kappa shape index (κ2) is 9.23. The van der Waals surface area contributed by atoms with E-state index >= 15 is 0 Å². The molecule has 0 unspecified atom stereocenters. The van der Waals surface area contributed by atoms with Gasteiger partial charge in [-0.25, -0.2) is 9.97 Å². The lowest BCUT2D eigenvalue weighted by atomic mass is 10.1. The summed E-state index contributed by atoms with van der Waals surface area (Å²) in [5.41, 5.74) is 0.471. The Balaban J connectivity index is 1.42. The molecule has 1 fully saturated rings. The molecule has 0 aliphatic carbocycles. The average molecular weight is 384 g/mol. The van der Waals surface area contributed by atoms with Crippen LogP contribution in [0.4, 0.5) is 11.6 Å². The predicted molar refractivity (Wildman–Crippen MR) is 105 cm³/mol. The van der Waals surface area contributed by atoms with Gasteiger partial charge in [0.2, 0.25) is 5.95 Å². The molecular weight excluding hydrogens is 360 g/mol. The topological polar surface area (TPSA) is 104 Å². The number of nitrogens with one attached hydrogen (secondary N) is 1. The first-order valence-corrected chi connectivity index (χ1v) is 9.33. The van der Waals surface area contributed by atoms with Gasteiger partial charge in [0.25, 0.3) is 11.6 Å². The van der Waals surface area contributed by atoms with E-state index in [1.807, 2.05) is 0 Å². The van der Waals surface area contributed by atoms with Gasteiger partial charge in [-0.05, 0) is 32.0 Å². The zero-order valence-electron chi connectivity index (χ0n) is 15.9. The molecule has 3 rings (SSSR count). The lowest BCUT2D eigenvalue weighted by Crippen LogP contribution is -2.47. The fraction of sp³-hybridized carbons (Fsp3) is 0.421. The fourth-order valence-corrected chi connectivity index (χ4v) is 3.31. The van der Waals surface area contributed by atoms with Crippen LogP contribution in [-0.4, -0.2) is 65.0 Å². The third-order valence-electron chi connectivity index (χ3n) is 4.81. The van der Waals surface area contributed by atoms with E-state index < -0.39 is 10.8 Å². The standard InChI is InChI=1S/C19H24N6O3/c1-15-5-2-6-16(17(15)25(27)28)18(26)20-9-4-10-23-11-13-24(14-12-23)19-21-7-3-8-22-19/h2-3,5-8H,4,9-14H2,1H3,(H,20,26). The summed E-state index contributed by atoms with van der Waals surface area (Å²) in [4.78, 5) is 36.1. The van der Waals surface area contributed by atoms with E-state index in [1.54, 1.807) is 37.5 Å². The van der Waals surface area contributed by atoms with Crippen LogP contribution < -0.4 is 10.2 Å². The molecule has 0 radical (unpaired) electrons. The zero-order chi connectivity index (χ0) is 19.9. The van der Waals surface area contributed by atoms with Crippen molar-refractivity contribution in [1.82, 2.24) is 20.2 Å². The van der Waals surface area contributed by atoms with Crippen molar-refractivity contribution in [2.75, 3.05) is 44.2 Å². The van der Waals surface area contributed by atoms with E-state index in [1.165, 1.54) is 6.07 Å². The van der Waals surface area contributed by atoms with Crippen molar-refractivity contribution in [3.05, 3.63) is 57.9 Å². The quantitative estimate of drug-likeness (QED) is 0.439. The van der Waals surface area contributed by atoms with Gasteiger partial charge in [-0.3, -0.25) is 19.8 Å². The van der Waals surface area contributed by atoms with E-state index in [-0.39, 0.29) is 11.3 Å². The highest BCUT2D eigenvalue weighted by Gasteiger charge is 2.22. The van der Waals surface area contributed by atoms with E-state index in [2.05, 4.69) is 25.1 Å². The lowest BCUT2D eigenvalue weighted by Gasteiger charge is -2.34. The molecule has 28 heavy (non-hydrogen) atoms. The Bertz CT molecular complexity index is 822. The first-order chi connectivity index (χ1) is 13.6. The van der Waals surface area contributed by atoms with Crippen LogP contribution in [-0.2, 0) is 0 Å². The molecular formula is C19H24N6O3. The summed E-state index contributed by atoms with van der Waals surface area (Å²) >= 11 is 0. The normalized spacial score (nSPS) is 14.7. The fourth-order valence-electron chi connectivity index (χ4n) is 3.31. The predicted octanol–water partition coefficient (Wildman–Crippen LogP) is 1.64. The molecule has 9 heteroatoms. The smallest absolute Gasteiger partial charge is 0.285 e. The summed E-state index contributed by atoms with van der Waals surface area (Å²) in [6.45, 7) is 6.53. The number of rotatable bonds is 7. The molecule has 0 atom stereocenters. The van der Waals surface area contributed by atoms with Crippen molar-refractivity contribution < 1.29 is 9.72 Å². The second-order valence-electron chi connectivity index (χ2n) is 6.72. The summed E-state index contributed by atoms with van der Waals surface area (Å²) in [5.74, 6) is 0.357. The van der Waals surface area contributed by atoms with Crippen LogP contribution >= 0.6 is 0 Å². The van der Waals surface area contributed by atoms with E-state index in [0.29, 0.717) is 12.1 Å². The number of piperazine rings is 1. The van der Waals surface area contributed by atoms with Crippen LogP contribution in [0.1, 0.15) is 22.3 Å². The van der Waals surface area contributed by atoms with E-state index in [0.717, 1.165) is 45.1 Å². The minimum atomic E-state index is -0.500. The SMILES string of the molecule is Cc1cccc(C(=O)NCCCN2CCN(c3ncccn3)CC2)c1[N+](=O)[O-]. The molecule has 0 spiro atoms. The number of aromatic nitrogens is 2. The number of carbonyl (C=O) groups is 1. The highest BCUT2D eigenvalue weighted by atomic mass is 16.6. The van der Waals surface area contributed by atoms with Crippen LogP contribution in [0, 0.1) is 17.0 Å². The highest BCUT2D eigenvalue weighted by molar-refractivity contribution is 5.98. The van der Waals surface area contributed by atoms with Gasteiger partial charge in [0.1, 0.15) is 5.56 Å². The van der Waals surface area contributed by atoms with Crippen molar-refractivity contribution in [3.8, 4) is 0 Å². The Kier molecular flexibility index (Phi) is 6.49. The van der Waals surface area contributed by atoms with E-state index in [9.17, 15) is 14.9 Å². The van der Waals surface area contributed by atoms with E-state index in [4.69, 9.17) is 0 Å². The summed E-state index contributed by atoms with van der Waals surface area (Å²) < 4.78 is 0. The lowest BCUT2D eigenvalue weighted by molar-refractivity contribution is -0.385. The van der Waals surface area contributed by atoms with Crippen LogP contribution in [0.15, 0.2) is 36.7 Å². The molecule has 2 heterocycles. The van der Waals surface area contributed by atoms with Gasteiger partial charge >= 0.3 is 0 Å². The molecule has 1 aromatic heterocycles. The van der Waals surface area contributed by atoms with Gasteiger partial charge in [-0.1, -0.05) is 12.1 Å². The van der Waals surface area contributed by atoms with Crippen molar-refractivity contribution in [3.63, 3.8) is 0 Å². The number of benzene rings is 1. The Hall–Kier alpha value is -3.07. The van der Waals surface area contributed by atoms with Gasteiger partial charge in [-0.15, -0.1) is 0 Å². The number of nitro benzene ring substituents is 1. The maximum atomic E-state index is 12.3. The van der Waals surface area contributed by atoms with Crippen molar-refractivity contribution in [1.29, 1.82) is 0 Å². The third-order valence-corrected chi connectivity index (χ3v) is 4.81. The molecule has 1 N–H and O–H groups in total. The Morgan fingerprint density at radius 3 is 2.57 bits per heavy atom. The number of carbonyl (C=O) groups excluding carboxylic acids is 1. The summed E-state index contributed by atoms with van der Waals surface area (Å²) in [6.07, 6.45) is 4.28. The molecule has 148 valence electrons. The molecule has 0 saturated carbocycles. The second-order valence-corrected chi connectivity index (χ2v) is 6.72. The van der Waals surface area contributed by atoms with Crippen LogP contribution in [0.2, 0.25) is 0 Å². The molecule has 9 nitrogen and oxygen atoms in total. The van der Waals surface area contributed by atoms with Crippen molar-refractivity contribution >= 4 is 17.5 Å². The Morgan fingerprint density at radius 2 is 1.89 bits per heavy atom. The Labute approximate surface area is 163 Å². The molecule has 1 aliphatic heterocycles. The van der Waals surface area contributed by atoms with Gasteiger partial charge < -0.3 is 10.2 Å². The molecule has 0 bridgehead atoms. The van der Waals surface area contributed by atoms with Gasteiger partial charge in [0, 0.05) is 50.7 Å². The zero-order valence-corrected chi connectivity index (χ0v) is 15.9. The number of anilines is 1. The minimum Gasteiger partial charge on any atom is -0.352 e. The number of para-hydroxylation sites is 1. The maximum Gasteiger partial charge on any atom is 0.285 e. The van der Waals surface area contributed by atoms with Crippen LogP contribution in [0.5, 0.6) is 0 Å². The number of hydrogen-bond acceptors (Lipinski definition) is 7. The monoisotopic (exact) mass is 384 g/mol. The van der Waals surface area contributed by atoms with Gasteiger partial charge in [0.15, 0.2) is 0 Å². The number of amides is 1. The molecule has 1 amide bonds. The van der Waals surface area contributed by atoms with Crippen molar-refractivity contribution in [2.45, 2.75) is 13.3 Å². The maximum absolute atomic E-state index is 12.3. The summed E-state index contributed by atoms with van der Waals surface area (Å²) in [7, 11) is 0. The summed E-state index contributed by atoms with van der Waals surface area (Å²) in [5, 5.41) is 14.0. The molecule has 1 aromatic carbocycles. The first-order valence-electron chi connectivity index (χ1n) is 9.33. The Morgan fingerprint density at radius 1 is 1.18 bits per heavy atom. The molecule has 1 saturated heterocycles. The van der Waals surface area contributed by atoms with Gasteiger partial charge in [0.05, 0.1) is 4.92 Å². The minimum absolute atomic E-state index is 0.112. The van der Waals surface area contributed by atoms with Gasteiger partial charge in [-0.2, -0.15) is 0 Å².